The van der Waals surface area contributed by atoms with E-state index in [1.54, 1.807) is 6.33 Å². The van der Waals surface area contributed by atoms with Crippen molar-refractivity contribution in [1.82, 2.24) is 24.7 Å². The molecule has 0 aliphatic rings. The number of hydrogen-bond donors (Lipinski definition) is 0. The maximum absolute atomic E-state index is 5.62. The van der Waals surface area contributed by atoms with Gasteiger partial charge in [-0.2, -0.15) is 0 Å². The molecule has 0 saturated heterocycles. The minimum Gasteiger partial charge on any atom is -0.441 e. The SMILES string of the molecule is Cc1nc2c(-c3nncn3-c3c(C)cncc3C)cccc2o1. The molecule has 0 unspecified atom stereocenters. The van der Waals surface area contributed by atoms with Gasteiger partial charge in [0.25, 0.3) is 0 Å². The number of nitrogens with zero attached hydrogens (tertiary/aromatic N) is 5. The lowest BCUT2D eigenvalue weighted by molar-refractivity contribution is 0.561. The number of rotatable bonds is 2. The normalized spacial score (nSPS) is 11.3. The van der Waals surface area contributed by atoms with Gasteiger partial charge in [0.2, 0.25) is 0 Å². The van der Waals surface area contributed by atoms with Crippen molar-refractivity contribution in [2.75, 3.05) is 0 Å². The summed E-state index contributed by atoms with van der Waals surface area (Å²) in [6, 6.07) is 5.83. The van der Waals surface area contributed by atoms with Gasteiger partial charge in [-0.05, 0) is 37.1 Å². The number of oxazole rings is 1. The summed E-state index contributed by atoms with van der Waals surface area (Å²) in [5.41, 5.74) is 5.61. The summed E-state index contributed by atoms with van der Waals surface area (Å²) in [4.78, 5) is 8.72. The van der Waals surface area contributed by atoms with E-state index in [9.17, 15) is 0 Å². The van der Waals surface area contributed by atoms with Crippen molar-refractivity contribution >= 4 is 11.1 Å². The summed E-state index contributed by atoms with van der Waals surface area (Å²) in [5.74, 6) is 1.37. The third-order valence-electron chi connectivity index (χ3n) is 3.84. The average Bonchev–Trinajstić information content (AvgIpc) is 3.12. The Balaban J connectivity index is 2.00. The second kappa shape index (κ2) is 5.01. The number of pyridine rings is 1. The van der Waals surface area contributed by atoms with Crippen molar-refractivity contribution < 1.29 is 4.42 Å². The molecule has 0 spiro atoms. The first-order valence-corrected chi connectivity index (χ1v) is 7.33. The van der Waals surface area contributed by atoms with E-state index in [0.29, 0.717) is 5.89 Å². The molecule has 0 aliphatic heterocycles. The zero-order chi connectivity index (χ0) is 16.0. The van der Waals surface area contributed by atoms with Crippen molar-refractivity contribution in [3.05, 3.63) is 53.9 Å². The highest BCUT2D eigenvalue weighted by molar-refractivity contribution is 5.89. The molecule has 4 rings (SSSR count). The smallest absolute Gasteiger partial charge is 0.192 e. The van der Waals surface area contributed by atoms with Crippen LogP contribution in [0.15, 0.2) is 41.3 Å². The van der Waals surface area contributed by atoms with Crippen LogP contribution in [0, 0.1) is 20.8 Å². The Morgan fingerprint density at radius 1 is 1.04 bits per heavy atom. The highest BCUT2D eigenvalue weighted by Gasteiger charge is 2.17. The molecule has 0 saturated carbocycles. The first-order chi connectivity index (χ1) is 11.1. The average molecular weight is 305 g/mol. The monoisotopic (exact) mass is 305 g/mol. The molecular weight excluding hydrogens is 290 g/mol. The summed E-state index contributed by atoms with van der Waals surface area (Å²) in [5, 5.41) is 8.42. The van der Waals surface area contributed by atoms with Crippen LogP contribution >= 0.6 is 0 Å². The van der Waals surface area contributed by atoms with Crippen LogP contribution in [-0.2, 0) is 0 Å². The van der Waals surface area contributed by atoms with Gasteiger partial charge in [-0.1, -0.05) is 6.07 Å². The minimum absolute atomic E-state index is 0.634. The van der Waals surface area contributed by atoms with Crippen molar-refractivity contribution in [3.63, 3.8) is 0 Å². The fourth-order valence-electron chi connectivity index (χ4n) is 2.90. The molecule has 3 heterocycles. The molecule has 0 atom stereocenters. The van der Waals surface area contributed by atoms with E-state index in [1.165, 1.54) is 0 Å². The van der Waals surface area contributed by atoms with E-state index in [-0.39, 0.29) is 0 Å². The molecule has 114 valence electrons. The quantitative estimate of drug-likeness (QED) is 0.567. The lowest BCUT2D eigenvalue weighted by atomic mass is 10.1. The van der Waals surface area contributed by atoms with Crippen LogP contribution in [0.3, 0.4) is 0 Å². The van der Waals surface area contributed by atoms with E-state index >= 15 is 0 Å². The molecular formula is C17H15N5O. The van der Waals surface area contributed by atoms with Crippen molar-refractivity contribution in [1.29, 1.82) is 0 Å². The first-order valence-electron chi connectivity index (χ1n) is 7.33. The summed E-state index contributed by atoms with van der Waals surface area (Å²) >= 11 is 0. The lowest BCUT2D eigenvalue weighted by Crippen LogP contribution is -2.02. The van der Waals surface area contributed by atoms with E-state index < -0.39 is 0 Å². The molecule has 4 aromatic rings. The Morgan fingerprint density at radius 3 is 2.61 bits per heavy atom. The number of aromatic nitrogens is 5. The Labute approximate surface area is 132 Å². The van der Waals surface area contributed by atoms with Crippen molar-refractivity contribution in [2.24, 2.45) is 0 Å². The topological polar surface area (TPSA) is 69.6 Å². The van der Waals surface area contributed by atoms with E-state index in [2.05, 4.69) is 20.2 Å². The third-order valence-corrected chi connectivity index (χ3v) is 3.84. The second-order valence-electron chi connectivity index (χ2n) is 5.53. The molecule has 0 radical (unpaired) electrons. The van der Waals surface area contributed by atoms with Crippen LogP contribution in [0.4, 0.5) is 0 Å². The number of benzene rings is 1. The molecule has 0 N–H and O–H groups in total. The fraction of sp³-hybridized carbons (Fsp3) is 0.176. The Bertz CT molecular complexity index is 995. The molecule has 1 aromatic carbocycles. The Hall–Kier alpha value is -3.02. The van der Waals surface area contributed by atoms with Crippen LogP contribution in [-0.4, -0.2) is 24.7 Å². The molecule has 23 heavy (non-hydrogen) atoms. The third kappa shape index (κ3) is 2.11. The standard InChI is InChI=1S/C17H15N5O/c1-10-7-18-8-11(2)16(10)22-9-19-21-17(22)13-5-4-6-14-15(13)20-12(3)23-14/h4-9H,1-3H3. The zero-order valence-electron chi connectivity index (χ0n) is 13.1. The summed E-state index contributed by atoms with van der Waals surface area (Å²) in [7, 11) is 0. The largest absolute Gasteiger partial charge is 0.441 e. The molecule has 0 amide bonds. The van der Waals surface area contributed by atoms with Crippen LogP contribution in [0.25, 0.3) is 28.2 Å². The maximum Gasteiger partial charge on any atom is 0.192 e. The highest BCUT2D eigenvalue weighted by atomic mass is 16.3. The van der Waals surface area contributed by atoms with Gasteiger partial charge in [0.1, 0.15) is 11.8 Å². The molecule has 6 heteroatoms. The van der Waals surface area contributed by atoms with E-state index in [0.717, 1.165) is 39.3 Å². The number of para-hydroxylation sites is 1. The summed E-state index contributed by atoms with van der Waals surface area (Å²) < 4.78 is 7.60. The Kier molecular flexibility index (Phi) is 2.97. The summed E-state index contributed by atoms with van der Waals surface area (Å²) in [6.07, 6.45) is 5.40. The van der Waals surface area contributed by atoms with Gasteiger partial charge in [-0.25, -0.2) is 4.98 Å². The van der Waals surface area contributed by atoms with Gasteiger partial charge in [-0.15, -0.1) is 10.2 Å². The molecule has 3 aromatic heterocycles. The van der Waals surface area contributed by atoms with Crippen LogP contribution in [0.5, 0.6) is 0 Å². The van der Waals surface area contributed by atoms with Crippen LogP contribution < -0.4 is 0 Å². The molecule has 6 nitrogen and oxygen atoms in total. The number of hydrogen-bond acceptors (Lipinski definition) is 5. The molecule has 0 fully saturated rings. The predicted octanol–water partition coefficient (Wildman–Crippen LogP) is 3.40. The second-order valence-corrected chi connectivity index (χ2v) is 5.53. The highest BCUT2D eigenvalue weighted by Crippen LogP contribution is 2.30. The first kappa shape index (κ1) is 13.6. The van der Waals surface area contributed by atoms with Crippen LogP contribution in [0.2, 0.25) is 0 Å². The van der Waals surface area contributed by atoms with E-state index in [4.69, 9.17) is 4.42 Å². The summed E-state index contributed by atoms with van der Waals surface area (Å²) in [6.45, 7) is 5.89. The lowest BCUT2D eigenvalue weighted by Gasteiger charge is -2.12. The van der Waals surface area contributed by atoms with Gasteiger partial charge in [0.05, 0.1) is 5.69 Å². The van der Waals surface area contributed by atoms with Gasteiger partial charge in [-0.3, -0.25) is 9.55 Å². The van der Waals surface area contributed by atoms with E-state index in [1.807, 2.05) is 55.9 Å². The molecule has 0 aliphatic carbocycles. The Morgan fingerprint density at radius 2 is 1.83 bits per heavy atom. The predicted molar refractivity (Wildman–Crippen MR) is 86.4 cm³/mol. The number of aryl methyl sites for hydroxylation is 3. The number of fused-ring (bicyclic) bond motifs is 1. The van der Waals surface area contributed by atoms with Gasteiger partial charge < -0.3 is 4.42 Å². The van der Waals surface area contributed by atoms with Crippen LogP contribution in [0.1, 0.15) is 17.0 Å². The zero-order valence-corrected chi connectivity index (χ0v) is 13.1. The molecule has 0 bridgehead atoms. The van der Waals surface area contributed by atoms with Gasteiger partial charge in [0, 0.05) is 24.9 Å². The minimum atomic E-state index is 0.634. The maximum atomic E-state index is 5.62. The van der Waals surface area contributed by atoms with Gasteiger partial charge in [0.15, 0.2) is 17.3 Å². The van der Waals surface area contributed by atoms with Crippen molar-refractivity contribution in [2.45, 2.75) is 20.8 Å². The van der Waals surface area contributed by atoms with Gasteiger partial charge >= 0.3 is 0 Å². The van der Waals surface area contributed by atoms with Crippen molar-refractivity contribution in [3.8, 4) is 17.1 Å². The fourth-order valence-corrected chi connectivity index (χ4v) is 2.90.